The van der Waals surface area contributed by atoms with E-state index in [9.17, 15) is 0 Å². The second kappa shape index (κ2) is 6.88. The molecule has 0 aromatic heterocycles. The minimum Gasteiger partial charge on any atom is -0.330 e. The molecule has 0 saturated carbocycles. The summed E-state index contributed by atoms with van der Waals surface area (Å²) in [6.07, 6.45) is 0.997. The van der Waals surface area contributed by atoms with Crippen molar-refractivity contribution in [3.63, 3.8) is 0 Å². The van der Waals surface area contributed by atoms with Gasteiger partial charge in [-0.25, -0.2) is 0 Å². The van der Waals surface area contributed by atoms with Crippen LogP contribution >= 0.6 is 12.0 Å². The summed E-state index contributed by atoms with van der Waals surface area (Å²) in [5.74, 6) is 0.799. The first-order valence-corrected chi connectivity index (χ1v) is 6.25. The summed E-state index contributed by atoms with van der Waals surface area (Å²) in [6, 6.07) is 8.82. The molecule has 1 atom stereocenters. The van der Waals surface area contributed by atoms with Crippen molar-refractivity contribution in [2.24, 2.45) is 0 Å². The van der Waals surface area contributed by atoms with E-state index in [0.29, 0.717) is 6.04 Å². The van der Waals surface area contributed by atoms with Gasteiger partial charge in [-0.05, 0) is 50.0 Å². The lowest BCUT2D eigenvalue weighted by molar-refractivity contribution is 0.567. The van der Waals surface area contributed by atoms with Crippen LogP contribution in [0.15, 0.2) is 24.3 Å². The van der Waals surface area contributed by atoms with E-state index in [2.05, 4.69) is 43.4 Å². The maximum absolute atomic E-state index is 8.58. The van der Waals surface area contributed by atoms with Gasteiger partial charge in [0.15, 0.2) is 0 Å². The van der Waals surface area contributed by atoms with Gasteiger partial charge in [0.25, 0.3) is 0 Å². The smallest absolute Gasteiger partial charge is 0.0294 e. The van der Waals surface area contributed by atoms with Crippen LogP contribution in [0.1, 0.15) is 30.5 Å². The van der Waals surface area contributed by atoms with Crippen LogP contribution in [0.5, 0.6) is 0 Å². The highest BCUT2D eigenvalue weighted by Gasteiger charge is 2.05. The van der Waals surface area contributed by atoms with Crippen molar-refractivity contribution in [2.45, 2.75) is 26.3 Å². The molecule has 0 bridgehead atoms. The molecule has 0 fully saturated rings. The first-order valence-electron chi connectivity index (χ1n) is 5.31. The second-order valence-electron chi connectivity index (χ2n) is 3.72. The second-order valence-corrected chi connectivity index (χ2v) is 4.39. The fourth-order valence-corrected chi connectivity index (χ4v) is 1.91. The van der Waals surface area contributed by atoms with Gasteiger partial charge in [-0.2, -0.15) is 0 Å². The van der Waals surface area contributed by atoms with Crippen molar-refractivity contribution in [2.75, 3.05) is 12.3 Å². The average Bonchev–Trinajstić information content (AvgIpc) is 2.25. The third-order valence-electron chi connectivity index (χ3n) is 2.52. The third kappa shape index (κ3) is 4.24. The van der Waals surface area contributed by atoms with Crippen LogP contribution in [0.25, 0.3) is 0 Å². The molecule has 0 amide bonds. The molecule has 1 rings (SSSR count). The Morgan fingerprint density at radius 1 is 1.40 bits per heavy atom. The van der Waals surface area contributed by atoms with Gasteiger partial charge in [0.05, 0.1) is 0 Å². The molecule has 0 radical (unpaired) electrons. The van der Waals surface area contributed by atoms with Crippen LogP contribution in [0.2, 0.25) is 0 Å². The normalized spacial score (nSPS) is 12.7. The monoisotopic (exact) mass is 225 g/mol. The van der Waals surface area contributed by atoms with Gasteiger partial charge in [0.2, 0.25) is 0 Å². The Bertz CT molecular complexity index is 291. The molecule has 84 valence electrons. The maximum Gasteiger partial charge on any atom is 0.0294 e. The summed E-state index contributed by atoms with van der Waals surface area (Å²) in [6.45, 7) is 5.26. The Labute approximate surface area is 96.3 Å². The van der Waals surface area contributed by atoms with Gasteiger partial charge in [-0.3, -0.25) is 0 Å². The summed E-state index contributed by atoms with van der Waals surface area (Å²) >= 11 is 0.912. The number of rotatable bonds is 6. The summed E-state index contributed by atoms with van der Waals surface area (Å²) in [5, 5.41) is 3.45. The molecular formula is C12H19NOS. The van der Waals surface area contributed by atoms with Crippen LogP contribution in [-0.4, -0.2) is 16.9 Å². The van der Waals surface area contributed by atoms with Crippen LogP contribution in [-0.2, 0) is 0 Å². The van der Waals surface area contributed by atoms with Crippen molar-refractivity contribution in [1.29, 1.82) is 0 Å². The van der Waals surface area contributed by atoms with E-state index in [1.165, 1.54) is 11.1 Å². The number of aryl methyl sites for hydroxylation is 1. The minimum absolute atomic E-state index is 0.384. The largest absolute Gasteiger partial charge is 0.330 e. The predicted octanol–water partition coefficient (Wildman–Crippen LogP) is 3.24. The van der Waals surface area contributed by atoms with Gasteiger partial charge >= 0.3 is 0 Å². The Kier molecular flexibility index (Phi) is 5.76. The SMILES string of the molecule is Cc1ccccc1C(C)NCCCSO. The quantitative estimate of drug-likeness (QED) is 0.576. The van der Waals surface area contributed by atoms with Gasteiger partial charge < -0.3 is 9.87 Å². The molecule has 0 aliphatic heterocycles. The molecule has 3 heteroatoms. The fraction of sp³-hybridized carbons (Fsp3) is 0.500. The number of hydrogen-bond acceptors (Lipinski definition) is 3. The van der Waals surface area contributed by atoms with E-state index in [-0.39, 0.29) is 0 Å². The maximum atomic E-state index is 8.58. The Balaban J connectivity index is 2.40. The van der Waals surface area contributed by atoms with Crippen molar-refractivity contribution in [3.05, 3.63) is 35.4 Å². The van der Waals surface area contributed by atoms with Crippen LogP contribution in [0.4, 0.5) is 0 Å². The van der Waals surface area contributed by atoms with E-state index in [0.717, 1.165) is 30.8 Å². The highest BCUT2D eigenvalue weighted by Crippen LogP contribution is 2.16. The van der Waals surface area contributed by atoms with Crippen LogP contribution in [0, 0.1) is 6.92 Å². The van der Waals surface area contributed by atoms with Crippen LogP contribution < -0.4 is 5.32 Å². The summed E-state index contributed by atoms with van der Waals surface area (Å²) in [5.41, 5.74) is 2.68. The molecular weight excluding hydrogens is 206 g/mol. The van der Waals surface area contributed by atoms with Gasteiger partial charge in [-0.15, -0.1) is 0 Å². The Morgan fingerprint density at radius 3 is 2.80 bits per heavy atom. The number of benzene rings is 1. The lowest BCUT2D eigenvalue weighted by atomic mass is 10.0. The Hall–Kier alpha value is -0.510. The lowest BCUT2D eigenvalue weighted by Crippen LogP contribution is -2.20. The zero-order valence-electron chi connectivity index (χ0n) is 9.36. The number of hydrogen-bond donors (Lipinski definition) is 2. The lowest BCUT2D eigenvalue weighted by Gasteiger charge is -2.16. The van der Waals surface area contributed by atoms with E-state index in [1.807, 2.05) is 0 Å². The molecule has 0 spiro atoms. The van der Waals surface area contributed by atoms with E-state index < -0.39 is 0 Å². The molecule has 15 heavy (non-hydrogen) atoms. The molecule has 0 saturated heterocycles. The summed E-state index contributed by atoms with van der Waals surface area (Å²) in [4.78, 5) is 0. The first kappa shape index (κ1) is 12.6. The molecule has 2 nitrogen and oxygen atoms in total. The fourth-order valence-electron chi connectivity index (χ4n) is 1.64. The van der Waals surface area contributed by atoms with Gasteiger partial charge in [0.1, 0.15) is 0 Å². The highest BCUT2D eigenvalue weighted by atomic mass is 32.2. The van der Waals surface area contributed by atoms with Crippen molar-refractivity contribution >= 4 is 12.0 Å². The molecule has 0 aliphatic rings. The highest BCUT2D eigenvalue weighted by molar-refractivity contribution is 7.93. The third-order valence-corrected chi connectivity index (χ3v) is 2.99. The van der Waals surface area contributed by atoms with Crippen molar-refractivity contribution in [3.8, 4) is 0 Å². The predicted molar refractivity (Wildman–Crippen MR) is 67.3 cm³/mol. The van der Waals surface area contributed by atoms with Crippen molar-refractivity contribution in [1.82, 2.24) is 5.32 Å². The van der Waals surface area contributed by atoms with E-state index in [4.69, 9.17) is 4.55 Å². The number of nitrogens with one attached hydrogen (secondary N) is 1. The van der Waals surface area contributed by atoms with Crippen LogP contribution in [0.3, 0.4) is 0 Å². The van der Waals surface area contributed by atoms with E-state index >= 15 is 0 Å². The van der Waals surface area contributed by atoms with Crippen molar-refractivity contribution < 1.29 is 4.55 Å². The standard InChI is InChI=1S/C12H19NOS/c1-10-6-3-4-7-12(10)11(2)13-8-5-9-15-14/h3-4,6-7,11,13-14H,5,8-9H2,1-2H3. The van der Waals surface area contributed by atoms with Gasteiger partial charge in [0, 0.05) is 11.8 Å². The topological polar surface area (TPSA) is 32.3 Å². The zero-order chi connectivity index (χ0) is 11.1. The molecule has 2 N–H and O–H groups in total. The first-order chi connectivity index (χ1) is 7.25. The summed E-state index contributed by atoms with van der Waals surface area (Å²) in [7, 11) is 0. The zero-order valence-corrected chi connectivity index (χ0v) is 10.2. The molecule has 0 aliphatic carbocycles. The average molecular weight is 225 g/mol. The molecule has 1 unspecified atom stereocenters. The molecule has 1 aromatic carbocycles. The summed E-state index contributed by atoms with van der Waals surface area (Å²) < 4.78 is 8.58. The molecule has 0 heterocycles. The Morgan fingerprint density at radius 2 is 2.13 bits per heavy atom. The van der Waals surface area contributed by atoms with E-state index in [1.54, 1.807) is 0 Å². The minimum atomic E-state index is 0.384. The molecule has 1 aromatic rings. The van der Waals surface area contributed by atoms with Gasteiger partial charge in [-0.1, -0.05) is 24.3 Å².